The maximum absolute atomic E-state index is 10.9. The van der Waals surface area contributed by atoms with Gasteiger partial charge in [0, 0.05) is 0 Å². The lowest BCUT2D eigenvalue weighted by Gasteiger charge is -2.27. The molecule has 1 saturated carbocycles. The molecule has 0 saturated heterocycles. The minimum atomic E-state index is -4.11. The molecule has 1 fully saturated rings. The van der Waals surface area contributed by atoms with Crippen LogP contribution < -0.4 is 0 Å². The first-order valence-electron chi connectivity index (χ1n) is 6.21. The van der Waals surface area contributed by atoms with E-state index >= 15 is 0 Å². The highest BCUT2D eigenvalue weighted by molar-refractivity contribution is 7.85. The van der Waals surface area contributed by atoms with Gasteiger partial charge < -0.3 is 5.11 Å². The normalized spacial score (nSPS) is 25.0. The third kappa shape index (κ3) is 3.31. The van der Waals surface area contributed by atoms with E-state index in [1.54, 1.807) is 12.1 Å². The second-order valence-electron chi connectivity index (χ2n) is 4.94. The molecule has 1 aromatic rings. The summed E-state index contributed by atoms with van der Waals surface area (Å²) in [6.07, 6.45) is 4.60. The molecule has 0 aromatic heterocycles. The van der Waals surface area contributed by atoms with E-state index in [0.717, 1.165) is 37.7 Å². The molecule has 5 heteroatoms. The zero-order chi connectivity index (χ0) is 13.2. The standard InChI is InChI=1S/C13H18O4S/c14-13-4-2-1-3-11(13)9-10-5-7-12(8-6-10)18(15,16)17/h5-8,11,13-14H,1-4,9H2,(H,15,16,17). The first kappa shape index (κ1) is 13.5. The predicted molar refractivity (Wildman–Crippen MR) is 67.9 cm³/mol. The summed E-state index contributed by atoms with van der Waals surface area (Å²) in [5.41, 5.74) is 0.994. The molecule has 1 aliphatic carbocycles. The highest BCUT2D eigenvalue weighted by Gasteiger charge is 2.23. The van der Waals surface area contributed by atoms with Crippen LogP contribution in [0, 0.1) is 5.92 Å². The maximum Gasteiger partial charge on any atom is 0.294 e. The van der Waals surface area contributed by atoms with Gasteiger partial charge in [-0.25, -0.2) is 0 Å². The van der Waals surface area contributed by atoms with E-state index < -0.39 is 10.1 Å². The van der Waals surface area contributed by atoms with Crippen molar-refractivity contribution in [1.29, 1.82) is 0 Å². The lowest BCUT2D eigenvalue weighted by atomic mass is 9.82. The van der Waals surface area contributed by atoms with E-state index in [-0.39, 0.29) is 16.9 Å². The van der Waals surface area contributed by atoms with Crippen LogP contribution in [0.2, 0.25) is 0 Å². The monoisotopic (exact) mass is 270 g/mol. The van der Waals surface area contributed by atoms with Crippen molar-refractivity contribution < 1.29 is 18.1 Å². The Bertz CT molecular complexity index is 492. The van der Waals surface area contributed by atoms with E-state index in [1.807, 2.05) is 0 Å². The third-order valence-electron chi connectivity index (χ3n) is 3.59. The zero-order valence-corrected chi connectivity index (χ0v) is 10.9. The topological polar surface area (TPSA) is 74.6 Å². The van der Waals surface area contributed by atoms with E-state index in [1.165, 1.54) is 12.1 Å². The Kier molecular flexibility index (Phi) is 4.04. The van der Waals surface area contributed by atoms with Crippen LogP contribution in [0.15, 0.2) is 29.2 Å². The molecule has 0 aliphatic heterocycles. The van der Waals surface area contributed by atoms with E-state index in [0.29, 0.717) is 0 Å². The predicted octanol–water partition coefficient (Wildman–Crippen LogP) is 2.03. The SMILES string of the molecule is O=S(=O)(O)c1ccc(CC2CCCCC2O)cc1. The highest BCUT2D eigenvalue weighted by atomic mass is 32.2. The Morgan fingerprint density at radius 1 is 1.11 bits per heavy atom. The molecule has 2 N–H and O–H groups in total. The Hall–Kier alpha value is -0.910. The summed E-state index contributed by atoms with van der Waals surface area (Å²) in [6.45, 7) is 0. The van der Waals surface area contributed by atoms with Gasteiger partial charge >= 0.3 is 0 Å². The molecule has 2 unspecified atom stereocenters. The highest BCUT2D eigenvalue weighted by Crippen LogP contribution is 2.27. The van der Waals surface area contributed by atoms with E-state index in [9.17, 15) is 13.5 Å². The molecule has 0 spiro atoms. The fourth-order valence-electron chi connectivity index (χ4n) is 2.53. The van der Waals surface area contributed by atoms with Crippen molar-refractivity contribution in [3.8, 4) is 0 Å². The van der Waals surface area contributed by atoms with Gasteiger partial charge in [0.25, 0.3) is 10.1 Å². The van der Waals surface area contributed by atoms with Crippen LogP contribution >= 0.6 is 0 Å². The second kappa shape index (κ2) is 5.38. The first-order valence-corrected chi connectivity index (χ1v) is 7.65. The fraction of sp³-hybridized carbons (Fsp3) is 0.538. The molecule has 1 aliphatic rings. The fourth-order valence-corrected chi connectivity index (χ4v) is 3.01. The lowest BCUT2D eigenvalue weighted by Crippen LogP contribution is -2.26. The Labute approximate surface area is 107 Å². The van der Waals surface area contributed by atoms with Gasteiger partial charge in [-0.1, -0.05) is 25.0 Å². The number of aliphatic hydroxyl groups is 1. The van der Waals surface area contributed by atoms with Gasteiger partial charge in [0.15, 0.2) is 0 Å². The average molecular weight is 270 g/mol. The molecular formula is C13H18O4S. The minimum Gasteiger partial charge on any atom is -0.393 e. The van der Waals surface area contributed by atoms with Crippen molar-refractivity contribution in [2.75, 3.05) is 0 Å². The average Bonchev–Trinajstić information content (AvgIpc) is 2.32. The van der Waals surface area contributed by atoms with Gasteiger partial charge in [-0.15, -0.1) is 0 Å². The van der Waals surface area contributed by atoms with Crippen LogP contribution in [0.25, 0.3) is 0 Å². The van der Waals surface area contributed by atoms with Crippen molar-refractivity contribution in [2.24, 2.45) is 5.92 Å². The number of rotatable bonds is 3. The molecule has 100 valence electrons. The summed E-state index contributed by atoms with van der Waals surface area (Å²) >= 11 is 0. The zero-order valence-electron chi connectivity index (χ0n) is 10.1. The number of aliphatic hydroxyl groups excluding tert-OH is 1. The van der Waals surface area contributed by atoms with E-state index in [4.69, 9.17) is 4.55 Å². The third-order valence-corrected chi connectivity index (χ3v) is 4.46. The smallest absolute Gasteiger partial charge is 0.294 e. The molecule has 0 radical (unpaired) electrons. The van der Waals surface area contributed by atoms with Gasteiger partial charge in [-0.05, 0) is 42.9 Å². The Balaban J connectivity index is 2.06. The van der Waals surface area contributed by atoms with Crippen molar-refractivity contribution in [2.45, 2.75) is 43.1 Å². The summed E-state index contributed by atoms with van der Waals surface area (Å²) < 4.78 is 30.7. The van der Waals surface area contributed by atoms with Crippen LogP contribution in [0.5, 0.6) is 0 Å². The van der Waals surface area contributed by atoms with Gasteiger partial charge in [0.2, 0.25) is 0 Å². The minimum absolute atomic E-state index is 0.0876. The molecule has 4 nitrogen and oxygen atoms in total. The molecule has 2 rings (SSSR count). The van der Waals surface area contributed by atoms with E-state index in [2.05, 4.69) is 0 Å². The van der Waals surface area contributed by atoms with Crippen molar-refractivity contribution in [1.82, 2.24) is 0 Å². The lowest BCUT2D eigenvalue weighted by molar-refractivity contribution is 0.0700. The first-order chi connectivity index (χ1) is 8.47. The number of hydrogen-bond donors (Lipinski definition) is 2. The summed E-state index contributed by atoms with van der Waals surface area (Å²) in [5.74, 6) is 0.260. The Morgan fingerprint density at radius 3 is 2.28 bits per heavy atom. The molecule has 18 heavy (non-hydrogen) atoms. The number of hydrogen-bond acceptors (Lipinski definition) is 3. The summed E-state index contributed by atoms with van der Waals surface area (Å²) in [6, 6.07) is 6.20. The van der Waals surface area contributed by atoms with Crippen LogP contribution in [-0.2, 0) is 16.5 Å². The van der Waals surface area contributed by atoms with Gasteiger partial charge in [-0.2, -0.15) is 8.42 Å². The quantitative estimate of drug-likeness (QED) is 0.824. The molecule has 1 aromatic carbocycles. The summed E-state index contributed by atoms with van der Waals surface area (Å²) in [5, 5.41) is 9.88. The molecule has 0 heterocycles. The molecular weight excluding hydrogens is 252 g/mol. The van der Waals surface area contributed by atoms with Crippen LogP contribution in [0.3, 0.4) is 0 Å². The van der Waals surface area contributed by atoms with Crippen molar-refractivity contribution in [3.63, 3.8) is 0 Å². The van der Waals surface area contributed by atoms with Gasteiger partial charge in [0.1, 0.15) is 0 Å². The number of benzene rings is 1. The van der Waals surface area contributed by atoms with Gasteiger partial charge in [0.05, 0.1) is 11.0 Å². The second-order valence-corrected chi connectivity index (χ2v) is 6.36. The van der Waals surface area contributed by atoms with Crippen LogP contribution in [-0.4, -0.2) is 24.2 Å². The molecule has 0 amide bonds. The van der Waals surface area contributed by atoms with Crippen molar-refractivity contribution in [3.05, 3.63) is 29.8 Å². The maximum atomic E-state index is 10.9. The summed E-state index contributed by atoms with van der Waals surface area (Å²) in [7, 11) is -4.11. The molecule has 0 bridgehead atoms. The van der Waals surface area contributed by atoms with Crippen molar-refractivity contribution >= 4 is 10.1 Å². The summed E-state index contributed by atoms with van der Waals surface area (Å²) in [4.78, 5) is -0.0876. The Morgan fingerprint density at radius 2 is 1.72 bits per heavy atom. The van der Waals surface area contributed by atoms with Crippen LogP contribution in [0.4, 0.5) is 0 Å². The van der Waals surface area contributed by atoms with Gasteiger partial charge in [-0.3, -0.25) is 4.55 Å². The molecule has 2 atom stereocenters. The largest absolute Gasteiger partial charge is 0.393 e. The van der Waals surface area contributed by atoms with Crippen LogP contribution in [0.1, 0.15) is 31.2 Å².